The standard InChI is InChI=1S/C13H13FN2O/c1-9-2-3-10(8-15)13(16-9)17-12-6-4-11(14)5-7-12/h2-7H,8,15H2,1H3. The van der Waals surface area contributed by atoms with Crippen LogP contribution in [-0.4, -0.2) is 4.98 Å². The van der Waals surface area contributed by atoms with E-state index in [-0.39, 0.29) is 5.82 Å². The lowest BCUT2D eigenvalue weighted by Crippen LogP contribution is -2.02. The molecule has 17 heavy (non-hydrogen) atoms. The average Bonchev–Trinajstić information content (AvgIpc) is 2.32. The first-order chi connectivity index (χ1) is 8.19. The number of hydrogen-bond donors (Lipinski definition) is 1. The van der Waals surface area contributed by atoms with Crippen LogP contribution in [0.5, 0.6) is 11.6 Å². The van der Waals surface area contributed by atoms with Gasteiger partial charge in [0.1, 0.15) is 11.6 Å². The summed E-state index contributed by atoms with van der Waals surface area (Å²) in [5.74, 6) is 0.715. The number of halogens is 1. The molecule has 3 nitrogen and oxygen atoms in total. The smallest absolute Gasteiger partial charge is 0.223 e. The minimum atomic E-state index is -0.298. The fourth-order valence-corrected chi connectivity index (χ4v) is 1.42. The maximum Gasteiger partial charge on any atom is 0.223 e. The molecule has 0 aliphatic heterocycles. The van der Waals surface area contributed by atoms with Gasteiger partial charge >= 0.3 is 0 Å². The van der Waals surface area contributed by atoms with E-state index in [0.717, 1.165) is 11.3 Å². The molecular weight excluding hydrogens is 219 g/mol. The summed E-state index contributed by atoms with van der Waals surface area (Å²) >= 11 is 0. The highest BCUT2D eigenvalue weighted by Gasteiger charge is 2.06. The normalized spacial score (nSPS) is 10.3. The van der Waals surface area contributed by atoms with Crippen LogP contribution in [0.1, 0.15) is 11.3 Å². The van der Waals surface area contributed by atoms with Crippen LogP contribution >= 0.6 is 0 Å². The third kappa shape index (κ3) is 2.79. The topological polar surface area (TPSA) is 48.1 Å². The average molecular weight is 232 g/mol. The third-order valence-electron chi connectivity index (χ3n) is 2.33. The second-order valence-electron chi connectivity index (χ2n) is 3.68. The number of pyridine rings is 1. The van der Waals surface area contributed by atoms with E-state index in [1.54, 1.807) is 12.1 Å². The Labute approximate surface area is 99.1 Å². The molecular formula is C13H13FN2O. The van der Waals surface area contributed by atoms with Crippen LogP contribution in [0.3, 0.4) is 0 Å². The zero-order valence-electron chi connectivity index (χ0n) is 9.48. The number of aromatic nitrogens is 1. The molecule has 0 radical (unpaired) electrons. The summed E-state index contributed by atoms with van der Waals surface area (Å²) < 4.78 is 18.3. The second kappa shape index (κ2) is 4.93. The van der Waals surface area contributed by atoms with Crippen molar-refractivity contribution in [1.29, 1.82) is 0 Å². The van der Waals surface area contributed by atoms with Crippen molar-refractivity contribution in [3.63, 3.8) is 0 Å². The van der Waals surface area contributed by atoms with Crippen LogP contribution in [0.25, 0.3) is 0 Å². The monoisotopic (exact) mass is 232 g/mol. The predicted octanol–water partition coefficient (Wildman–Crippen LogP) is 2.78. The zero-order valence-corrected chi connectivity index (χ0v) is 9.48. The molecule has 0 atom stereocenters. The summed E-state index contributed by atoms with van der Waals surface area (Å²) in [4.78, 5) is 4.27. The predicted molar refractivity (Wildman–Crippen MR) is 63.3 cm³/mol. The van der Waals surface area contributed by atoms with Crippen molar-refractivity contribution < 1.29 is 9.13 Å². The number of hydrogen-bond acceptors (Lipinski definition) is 3. The molecule has 0 aliphatic carbocycles. The van der Waals surface area contributed by atoms with Crippen LogP contribution in [0.2, 0.25) is 0 Å². The number of nitrogens with zero attached hydrogens (tertiary/aromatic N) is 1. The number of rotatable bonds is 3. The number of nitrogens with two attached hydrogens (primary N) is 1. The van der Waals surface area contributed by atoms with E-state index in [1.807, 2.05) is 19.1 Å². The molecule has 4 heteroatoms. The highest BCUT2D eigenvalue weighted by molar-refractivity contribution is 5.33. The molecule has 1 heterocycles. The molecule has 0 fully saturated rings. The van der Waals surface area contributed by atoms with Gasteiger partial charge in [0.05, 0.1) is 0 Å². The van der Waals surface area contributed by atoms with Gasteiger partial charge in [0.25, 0.3) is 0 Å². The third-order valence-corrected chi connectivity index (χ3v) is 2.33. The van der Waals surface area contributed by atoms with E-state index in [4.69, 9.17) is 10.5 Å². The molecule has 0 unspecified atom stereocenters. The first kappa shape index (κ1) is 11.5. The van der Waals surface area contributed by atoms with Gasteiger partial charge in [-0.15, -0.1) is 0 Å². The van der Waals surface area contributed by atoms with Gasteiger partial charge in [0, 0.05) is 17.8 Å². The van der Waals surface area contributed by atoms with Crippen molar-refractivity contribution in [2.75, 3.05) is 0 Å². The highest BCUT2D eigenvalue weighted by atomic mass is 19.1. The summed E-state index contributed by atoms with van der Waals surface area (Å²) in [6.07, 6.45) is 0. The molecule has 0 saturated heterocycles. The summed E-state index contributed by atoms with van der Waals surface area (Å²) in [7, 11) is 0. The van der Waals surface area contributed by atoms with Crippen molar-refractivity contribution in [1.82, 2.24) is 4.98 Å². The minimum Gasteiger partial charge on any atom is -0.439 e. The summed E-state index contributed by atoms with van der Waals surface area (Å²) in [5, 5.41) is 0. The van der Waals surface area contributed by atoms with Crippen LogP contribution < -0.4 is 10.5 Å². The lowest BCUT2D eigenvalue weighted by atomic mass is 10.2. The van der Waals surface area contributed by atoms with Gasteiger partial charge < -0.3 is 10.5 Å². The molecule has 2 N–H and O–H groups in total. The second-order valence-corrected chi connectivity index (χ2v) is 3.68. The van der Waals surface area contributed by atoms with Crippen LogP contribution in [0, 0.1) is 12.7 Å². The van der Waals surface area contributed by atoms with Crippen molar-refractivity contribution >= 4 is 0 Å². The first-order valence-electron chi connectivity index (χ1n) is 5.29. The van der Waals surface area contributed by atoms with Gasteiger partial charge in [0.15, 0.2) is 0 Å². The molecule has 2 aromatic rings. The Balaban J connectivity index is 2.28. The molecule has 88 valence electrons. The van der Waals surface area contributed by atoms with E-state index < -0.39 is 0 Å². The van der Waals surface area contributed by atoms with E-state index in [0.29, 0.717) is 18.2 Å². The van der Waals surface area contributed by atoms with Crippen molar-refractivity contribution in [3.05, 3.63) is 53.5 Å². The Morgan fingerprint density at radius 1 is 1.18 bits per heavy atom. The summed E-state index contributed by atoms with van der Waals surface area (Å²) in [6.45, 7) is 2.22. The largest absolute Gasteiger partial charge is 0.439 e. The van der Waals surface area contributed by atoms with E-state index >= 15 is 0 Å². The fourth-order valence-electron chi connectivity index (χ4n) is 1.42. The van der Waals surface area contributed by atoms with Gasteiger partial charge in [-0.1, -0.05) is 6.07 Å². The number of benzene rings is 1. The molecule has 0 amide bonds. The van der Waals surface area contributed by atoms with Gasteiger partial charge in [-0.25, -0.2) is 9.37 Å². The summed E-state index contributed by atoms with van der Waals surface area (Å²) in [6, 6.07) is 9.54. The Bertz CT molecular complexity index is 511. The van der Waals surface area contributed by atoms with Gasteiger partial charge in [0.2, 0.25) is 5.88 Å². The molecule has 1 aromatic carbocycles. The van der Waals surface area contributed by atoms with E-state index in [9.17, 15) is 4.39 Å². The van der Waals surface area contributed by atoms with Gasteiger partial charge in [-0.05, 0) is 37.3 Å². The number of aryl methyl sites for hydroxylation is 1. The first-order valence-corrected chi connectivity index (χ1v) is 5.29. The quantitative estimate of drug-likeness (QED) is 0.885. The maximum absolute atomic E-state index is 12.7. The molecule has 0 saturated carbocycles. The SMILES string of the molecule is Cc1ccc(CN)c(Oc2ccc(F)cc2)n1. The Morgan fingerprint density at radius 2 is 1.88 bits per heavy atom. The Morgan fingerprint density at radius 3 is 2.53 bits per heavy atom. The minimum absolute atomic E-state index is 0.298. The molecule has 0 spiro atoms. The van der Waals surface area contributed by atoms with Crippen LogP contribution in [0.4, 0.5) is 4.39 Å². The van der Waals surface area contributed by atoms with Gasteiger partial charge in [-0.2, -0.15) is 0 Å². The zero-order chi connectivity index (χ0) is 12.3. The molecule has 0 aliphatic rings. The van der Waals surface area contributed by atoms with Crippen LogP contribution in [-0.2, 0) is 6.54 Å². The van der Waals surface area contributed by atoms with Gasteiger partial charge in [-0.3, -0.25) is 0 Å². The lowest BCUT2D eigenvalue weighted by molar-refractivity contribution is 0.453. The fraction of sp³-hybridized carbons (Fsp3) is 0.154. The molecule has 0 bridgehead atoms. The van der Waals surface area contributed by atoms with Crippen LogP contribution in [0.15, 0.2) is 36.4 Å². The Kier molecular flexibility index (Phi) is 3.35. The van der Waals surface area contributed by atoms with Crippen molar-refractivity contribution in [2.45, 2.75) is 13.5 Å². The highest BCUT2D eigenvalue weighted by Crippen LogP contribution is 2.23. The van der Waals surface area contributed by atoms with E-state index in [2.05, 4.69) is 4.98 Å². The summed E-state index contributed by atoms with van der Waals surface area (Å²) in [5.41, 5.74) is 7.26. The lowest BCUT2D eigenvalue weighted by Gasteiger charge is -2.09. The van der Waals surface area contributed by atoms with Crippen molar-refractivity contribution in [3.8, 4) is 11.6 Å². The van der Waals surface area contributed by atoms with Crippen molar-refractivity contribution in [2.24, 2.45) is 5.73 Å². The molecule has 2 rings (SSSR count). The molecule has 1 aromatic heterocycles. The Hall–Kier alpha value is -1.94. The maximum atomic E-state index is 12.7. The number of ether oxygens (including phenoxy) is 1. The van der Waals surface area contributed by atoms with E-state index in [1.165, 1.54) is 12.1 Å².